The molecule has 4 nitrogen and oxygen atoms in total. The maximum Gasteiger partial charge on any atom is 0.214 e. The van der Waals surface area contributed by atoms with Crippen LogP contribution in [0.1, 0.15) is 40.0 Å². The zero-order valence-electron chi connectivity index (χ0n) is 10.6. The Balaban J connectivity index is 2.64. The molecule has 0 aromatic heterocycles. The average molecular weight is 248 g/mol. The van der Waals surface area contributed by atoms with Crippen molar-refractivity contribution in [2.75, 3.05) is 18.8 Å². The molecule has 0 spiro atoms. The number of rotatable bonds is 5. The molecule has 0 radical (unpaired) electrons. The molecular formula is C11H24N2O2S. The molecule has 0 saturated carbocycles. The predicted molar refractivity (Wildman–Crippen MR) is 66.9 cm³/mol. The van der Waals surface area contributed by atoms with Gasteiger partial charge in [-0.1, -0.05) is 20.3 Å². The van der Waals surface area contributed by atoms with Gasteiger partial charge in [-0.25, -0.2) is 8.42 Å². The van der Waals surface area contributed by atoms with Crippen LogP contribution in [0.15, 0.2) is 0 Å². The monoisotopic (exact) mass is 248 g/mol. The number of hydrogen-bond acceptors (Lipinski definition) is 3. The highest BCUT2D eigenvalue weighted by Gasteiger charge is 2.30. The van der Waals surface area contributed by atoms with Gasteiger partial charge in [0.15, 0.2) is 0 Å². The summed E-state index contributed by atoms with van der Waals surface area (Å²) in [6.45, 7) is 7.36. The minimum atomic E-state index is -3.02. The molecule has 96 valence electrons. The van der Waals surface area contributed by atoms with Crippen LogP contribution < -0.4 is 5.32 Å². The van der Waals surface area contributed by atoms with Crippen molar-refractivity contribution < 1.29 is 8.42 Å². The van der Waals surface area contributed by atoms with Gasteiger partial charge in [-0.2, -0.15) is 4.31 Å². The van der Waals surface area contributed by atoms with Gasteiger partial charge in [0.1, 0.15) is 0 Å². The Kier molecular flexibility index (Phi) is 5.21. The largest absolute Gasteiger partial charge is 0.313 e. The highest BCUT2D eigenvalue weighted by molar-refractivity contribution is 7.89. The van der Waals surface area contributed by atoms with Gasteiger partial charge in [0.25, 0.3) is 0 Å². The first-order valence-corrected chi connectivity index (χ1v) is 7.81. The fourth-order valence-corrected chi connectivity index (χ4v) is 3.45. The lowest BCUT2D eigenvalue weighted by atomic mass is 10.0. The summed E-state index contributed by atoms with van der Waals surface area (Å²) in [4.78, 5) is 0. The second-order valence-electron chi connectivity index (χ2n) is 4.72. The van der Waals surface area contributed by atoms with Gasteiger partial charge in [-0.3, -0.25) is 0 Å². The first kappa shape index (κ1) is 13.9. The van der Waals surface area contributed by atoms with Gasteiger partial charge < -0.3 is 5.32 Å². The molecule has 1 fully saturated rings. The van der Waals surface area contributed by atoms with E-state index in [2.05, 4.69) is 19.2 Å². The van der Waals surface area contributed by atoms with E-state index in [-0.39, 0.29) is 11.8 Å². The Hall–Kier alpha value is -0.130. The van der Waals surface area contributed by atoms with E-state index in [1.165, 1.54) is 0 Å². The van der Waals surface area contributed by atoms with E-state index in [4.69, 9.17) is 0 Å². The zero-order valence-corrected chi connectivity index (χ0v) is 11.4. The van der Waals surface area contributed by atoms with Crippen LogP contribution in [0.5, 0.6) is 0 Å². The maximum absolute atomic E-state index is 11.9. The van der Waals surface area contributed by atoms with Crippen LogP contribution in [0.25, 0.3) is 0 Å². The Labute approximate surface area is 99.5 Å². The standard InChI is InChI=1S/C11H24N2O2S/c1-4-16(14,15)13-8-6-5-7-11(13)9-12-10(2)3/h10-12H,4-9H2,1-3H3. The second-order valence-corrected chi connectivity index (χ2v) is 6.93. The summed E-state index contributed by atoms with van der Waals surface area (Å²) >= 11 is 0. The van der Waals surface area contributed by atoms with Crippen molar-refractivity contribution in [1.29, 1.82) is 0 Å². The summed E-state index contributed by atoms with van der Waals surface area (Å²) < 4.78 is 25.5. The van der Waals surface area contributed by atoms with Crippen molar-refractivity contribution in [3.05, 3.63) is 0 Å². The van der Waals surface area contributed by atoms with Crippen LogP contribution in [0, 0.1) is 0 Å². The van der Waals surface area contributed by atoms with E-state index >= 15 is 0 Å². The highest BCUT2D eigenvalue weighted by atomic mass is 32.2. The molecule has 0 bridgehead atoms. The molecule has 1 saturated heterocycles. The Morgan fingerprint density at radius 2 is 2.06 bits per heavy atom. The average Bonchev–Trinajstić information content (AvgIpc) is 2.26. The molecule has 0 amide bonds. The van der Waals surface area contributed by atoms with Crippen LogP contribution in [-0.4, -0.2) is 43.6 Å². The molecule has 0 aromatic carbocycles. The number of nitrogens with zero attached hydrogens (tertiary/aromatic N) is 1. The summed E-state index contributed by atoms with van der Waals surface area (Å²) in [5.74, 6) is 0.213. The fourth-order valence-electron chi connectivity index (χ4n) is 2.08. The predicted octanol–water partition coefficient (Wildman–Crippen LogP) is 1.19. The number of sulfonamides is 1. The molecule has 1 heterocycles. The van der Waals surface area contributed by atoms with Gasteiger partial charge in [-0.15, -0.1) is 0 Å². The topological polar surface area (TPSA) is 49.4 Å². The summed E-state index contributed by atoms with van der Waals surface area (Å²) in [5.41, 5.74) is 0. The molecule has 1 atom stereocenters. The van der Waals surface area contributed by atoms with Crippen molar-refractivity contribution in [3.63, 3.8) is 0 Å². The van der Waals surface area contributed by atoms with Gasteiger partial charge in [0.2, 0.25) is 10.0 Å². The normalized spacial score (nSPS) is 23.9. The third-order valence-corrected chi connectivity index (χ3v) is 4.98. The van der Waals surface area contributed by atoms with Crippen molar-refractivity contribution in [2.45, 2.75) is 52.1 Å². The Morgan fingerprint density at radius 1 is 1.38 bits per heavy atom. The van der Waals surface area contributed by atoms with Crippen molar-refractivity contribution >= 4 is 10.0 Å². The van der Waals surface area contributed by atoms with Gasteiger partial charge >= 0.3 is 0 Å². The molecule has 1 aliphatic heterocycles. The molecule has 0 aliphatic carbocycles. The van der Waals surface area contributed by atoms with Gasteiger partial charge in [0, 0.05) is 25.2 Å². The molecule has 1 rings (SSSR count). The van der Waals surface area contributed by atoms with E-state index < -0.39 is 10.0 Å². The van der Waals surface area contributed by atoms with Gasteiger partial charge in [0.05, 0.1) is 5.75 Å². The lowest BCUT2D eigenvalue weighted by Gasteiger charge is -2.35. The van der Waals surface area contributed by atoms with Crippen LogP contribution in [0.2, 0.25) is 0 Å². The van der Waals surface area contributed by atoms with E-state index in [0.717, 1.165) is 25.8 Å². The smallest absolute Gasteiger partial charge is 0.214 e. The zero-order chi connectivity index (χ0) is 12.2. The van der Waals surface area contributed by atoms with Crippen LogP contribution >= 0.6 is 0 Å². The van der Waals surface area contributed by atoms with Gasteiger partial charge in [-0.05, 0) is 19.8 Å². The minimum absolute atomic E-state index is 0.154. The first-order valence-electron chi connectivity index (χ1n) is 6.20. The third kappa shape index (κ3) is 3.71. The van der Waals surface area contributed by atoms with Crippen LogP contribution in [0.4, 0.5) is 0 Å². The summed E-state index contributed by atoms with van der Waals surface area (Å²) in [6.07, 6.45) is 3.12. The lowest BCUT2D eigenvalue weighted by molar-refractivity contribution is 0.242. The highest BCUT2D eigenvalue weighted by Crippen LogP contribution is 2.20. The fraction of sp³-hybridized carbons (Fsp3) is 1.00. The minimum Gasteiger partial charge on any atom is -0.313 e. The van der Waals surface area contributed by atoms with E-state index in [9.17, 15) is 8.42 Å². The van der Waals surface area contributed by atoms with Crippen molar-refractivity contribution in [1.82, 2.24) is 9.62 Å². The maximum atomic E-state index is 11.9. The molecule has 1 unspecified atom stereocenters. The molecule has 1 aliphatic rings. The quantitative estimate of drug-likeness (QED) is 0.795. The SMILES string of the molecule is CCS(=O)(=O)N1CCCCC1CNC(C)C. The van der Waals surface area contributed by atoms with E-state index in [1.807, 2.05) is 0 Å². The van der Waals surface area contributed by atoms with E-state index in [1.54, 1.807) is 11.2 Å². The number of nitrogens with one attached hydrogen (secondary N) is 1. The summed E-state index contributed by atoms with van der Waals surface area (Å²) in [7, 11) is -3.02. The first-order chi connectivity index (χ1) is 7.47. The van der Waals surface area contributed by atoms with E-state index in [0.29, 0.717) is 12.6 Å². The van der Waals surface area contributed by atoms with Crippen LogP contribution in [-0.2, 0) is 10.0 Å². The molecule has 1 N–H and O–H groups in total. The Morgan fingerprint density at radius 3 is 2.62 bits per heavy atom. The number of piperidine rings is 1. The molecule has 5 heteroatoms. The van der Waals surface area contributed by atoms with Crippen LogP contribution in [0.3, 0.4) is 0 Å². The summed E-state index contributed by atoms with van der Waals surface area (Å²) in [6, 6.07) is 0.564. The molecule has 0 aromatic rings. The second kappa shape index (κ2) is 5.98. The lowest BCUT2D eigenvalue weighted by Crippen LogP contribution is -2.49. The molecular weight excluding hydrogens is 224 g/mol. The molecule has 16 heavy (non-hydrogen) atoms. The Bertz CT molecular complexity index is 301. The third-order valence-electron chi connectivity index (χ3n) is 3.06. The van der Waals surface area contributed by atoms with Crippen molar-refractivity contribution in [2.24, 2.45) is 0 Å². The number of hydrogen-bond donors (Lipinski definition) is 1. The summed E-state index contributed by atoms with van der Waals surface area (Å²) in [5, 5.41) is 3.34. The van der Waals surface area contributed by atoms with Crippen molar-refractivity contribution in [3.8, 4) is 0 Å².